The summed E-state index contributed by atoms with van der Waals surface area (Å²) in [6.07, 6.45) is -2.95. The number of hydrogen-bond donors (Lipinski definition) is 1. The Morgan fingerprint density at radius 2 is 1.82 bits per heavy atom. The number of halogens is 3. The van der Waals surface area contributed by atoms with Gasteiger partial charge in [0, 0.05) is 24.6 Å². The van der Waals surface area contributed by atoms with Crippen LogP contribution < -0.4 is 10.2 Å². The minimum atomic E-state index is -4.66. The van der Waals surface area contributed by atoms with E-state index in [9.17, 15) is 22.8 Å². The summed E-state index contributed by atoms with van der Waals surface area (Å²) >= 11 is 1.35. The molecule has 13 heteroatoms. The lowest BCUT2D eigenvalue weighted by molar-refractivity contribution is -0.345. The molecule has 0 spiro atoms. The lowest BCUT2D eigenvalue weighted by atomic mass is 9.87. The molecule has 1 aliphatic carbocycles. The number of carbonyl (C=O) groups is 2. The van der Waals surface area contributed by atoms with Crippen molar-refractivity contribution in [1.82, 2.24) is 9.78 Å². The van der Waals surface area contributed by atoms with Gasteiger partial charge in [0.15, 0.2) is 5.17 Å². The molecule has 1 saturated heterocycles. The molecule has 9 nitrogen and oxygen atoms in total. The van der Waals surface area contributed by atoms with Crippen LogP contribution in [0.4, 0.5) is 24.7 Å². The van der Waals surface area contributed by atoms with Gasteiger partial charge in [-0.15, -0.1) is 18.3 Å². The fourth-order valence-electron chi connectivity index (χ4n) is 5.32. The van der Waals surface area contributed by atoms with Crippen molar-refractivity contribution in [3.63, 3.8) is 0 Å². The van der Waals surface area contributed by atoms with E-state index in [-0.39, 0.29) is 36.5 Å². The van der Waals surface area contributed by atoms with E-state index in [2.05, 4.69) is 39.2 Å². The predicted molar refractivity (Wildman–Crippen MR) is 166 cm³/mol. The van der Waals surface area contributed by atoms with Crippen molar-refractivity contribution in [2.24, 2.45) is 23.2 Å². The fraction of sp³-hybridized carbons (Fsp3) is 0.387. The van der Waals surface area contributed by atoms with Crippen LogP contribution in [0.5, 0.6) is 0 Å². The molecular formula is C31H33F3N6O3S. The zero-order valence-electron chi connectivity index (χ0n) is 24.5. The molecule has 5 rings (SSSR count). The molecule has 3 aromatic rings. The van der Waals surface area contributed by atoms with Gasteiger partial charge < -0.3 is 5.32 Å². The number of benzene rings is 2. The zero-order chi connectivity index (χ0) is 31.4. The van der Waals surface area contributed by atoms with Gasteiger partial charge in [0.25, 0.3) is 0 Å². The molecule has 2 aromatic carbocycles. The number of nitrogens with zero attached hydrogens (tertiary/aromatic N) is 5. The van der Waals surface area contributed by atoms with Gasteiger partial charge in [0.1, 0.15) is 5.82 Å². The summed E-state index contributed by atoms with van der Waals surface area (Å²) in [5.74, 6) is 0.380. The topological polar surface area (TPSA) is 101 Å². The molecule has 1 aliphatic heterocycles. The van der Waals surface area contributed by atoms with Crippen LogP contribution in [0, 0.1) is 5.92 Å². The van der Waals surface area contributed by atoms with E-state index >= 15 is 0 Å². The van der Waals surface area contributed by atoms with E-state index in [1.54, 1.807) is 28.9 Å². The van der Waals surface area contributed by atoms with Crippen molar-refractivity contribution in [3.05, 3.63) is 65.7 Å². The molecule has 232 valence electrons. The number of para-hydroxylation sites is 1. The number of hydrogen-bond acceptors (Lipinski definition) is 7. The van der Waals surface area contributed by atoms with Crippen LogP contribution in [-0.4, -0.2) is 51.2 Å². The molecule has 1 saturated carbocycles. The van der Waals surface area contributed by atoms with Crippen LogP contribution >= 0.6 is 11.8 Å². The van der Waals surface area contributed by atoms with E-state index in [4.69, 9.17) is 0 Å². The minimum absolute atomic E-state index is 0.0322. The highest BCUT2D eigenvalue weighted by molar-refractivity contribution is 8.15. The first-order valence-electron chi connectivity index (χ1n) is 14.3. The Morgan fingerprint density at radius 3 is 2.50 bits per heavy atom. The minimum Gasteiger partial charge on any atom is -0.311 e. The highest BCUT2D eigenvalue weighted by atomic mass is 32.2. The first-order chi connectivity index (χ1) is 21.0. The number of aryl methyl sites for hydroxylation is 1. The molecule has 0 unspecified atom stereocenters. The molecule has 0 bridgehead atoms. The van der Waals surface area contributed by atoms with E-state index in [1.165, 1.54) is 11.8 Å². The number of carbonyl (C=O) groups excluding carboxylic acids is 2. The second-order valence-corrected chi connectivity index (χ2v) is 12.0. The average Bonchev–Trinajstić information content (AvgIpc) is 3.54. The first kappa shape index (κ1) is 31.5. The number of nitrogens with one attached hydrogen (secondary N) is 1. The molecule has 1 N–H and O–H groups in total. The second kappa shape index (κ2) is 13.3. The summed E-state index contributed by atoms with van der Waals surface area (Å²) in [7, 11) is 1.71. The van der Waals surface area contributed by atoms with Crippen LogP contribution in [0.3, 0.4) is 0 Å². The van der Waals surface area contributed by atoms with Crippen molar-refractivity contribution < 1.29 is 27.5 Å². The summed E-state index contributed by atoms with van der Waals surface area (Å²) in [5.41, 5.74) is 4.16. The Morgan fingerprint density at radius 1 is 1.11 bits per heavy atom. The maximum atomic E-state index is 12.8. The smallest absolute Gasteiger partial charge is 0.311 e. The summed E-state index contributed by atoms with van der Waals surface area (Å²) in [6, 6.07) is 17.1. The third kappa shape index (κ3) is 7.56. The van der Waals surface area contributed by atoms with Gasteiger partial charge in [0.05, 0.1) is 29.5 Å². The number of amides is 2. The second-order valence-electron chi connectivity index (χ2n) is 11.0. The molecule has 0 radical (unpaired) electrons. The summed E-state index contributed by atoms with van der Waals surface area (Å²) in [5, 5.41) is 16.5. The predicted octanol–water partition coefficient (Wildman–Crippen LogP) is 6.71. The Balaban J connectivity index is 1.20. The average molecular weight is 627 g/mol. The molecule has 44 heavy (non-hydrogen) atoms. The lowest BCUT2D eigenvalue weighted by Crippen LogP contribution is -2.33. The number of alkyl halides is 3. The van der Waals surface area contributed by atoms with Gasteiger partial charge >= 0.3 is 6.36 Å². The lowest BCUT2D eigenvalue weighted by Gasteiger charge is -2.28. The van der Waals surface area contributed by atoms with Crippen molar-refractivity contribution in [1.29, 1.82) is 0 Å². The summed E-state index contributed by atoms with van der Waals surface area (Å²) in [6.45, 7) is 4.17. The Hall–Kier alpha value is -3.97. The summed E-state index contributed by atoms with van der Waals surface area (Å²) < 4.78 is 43.1. The molecule has 1 aromatic heterocycles. The highest BCUT2D eigenvalue weighted by Crippen LogP contribution is 2.34. The van der Waals surface area contributed by atoms with Gasteiger partial charge in [0.2, 0.25) is 11.8 Å². The standard InChI is InChI=1S/C31H33F3N6O3S/c1-19(2)24-6-4-5-7-26(24)40-28(41)18-44-30(40)37-35-17-20-8-10-21(11-9-20)25-16-27(39(3)38-25)36-29(42)22-12-14-23(15-13-22)43-31(32,33)34/h4-11,16-17,19,22-23H,12-15,18H2,1-3H3,(H,36,42). The van der Waals surface area contributed by atoms with Crippen LogP contribution in [-0.2, 0) is 21.4 Å². The van der Waals surface area contributed by atoms with E-state index in [1.807, 2.05) is 48.5 Å². The number of anilines is 2. The van der Waals surface area contributed by atoms with Crippen molar-refractivity contribution in [3.8, 4) is 11.3 Å². The van der Waals surface area contributed by atoms with Crippen LogP contribution in [0.15, 0.2) is 64.8 Å². The first-order valence-corrected chi connectivity index (χ1v) is 15.3. The van der Waals surface area contributed by atoms with Crippen molar-refractivity contribution in [2.45, 2.75) is 57.9 Å². The summed E-state index contributed by atoms with van der Waals surface area (Å²) in [4.78, 5) is 27.1. The van der Waals surface area contributed by atoms with Crippen LogP contribution in [0.1, 0.15) is 56.6 Å². The van der Waals surface area contributed by atoms with E-state index < -0.39 is 12.5 Å². The monoisotopic (exact) mass is 626 g/mol. The number of aromatic nitrogens is 2. The van der Waals surface area contributed by atoms with E-state index in [0.717, 1.165) is 22.4 Å². The Bertz CT molecular complexity index is 1560. The quantitative estimate of drug-likeness (QED) is 0.221. The zero-order valence-corrected chi connectivity index (χ0v) is 25.4. The van der Waals surface area contributed by atoms with Gasteiger partial charge in [-0.3, -0.25) is 23.9 Å². The molecular weight excluding hydrogens is 593 g/mol. The Labute approximate surface area is 257 Å². The number of ether oxygens (including phenoxy) is 1. The largest absolute Gasteiger partial charge is 0.522 e. The molecule has 2 amide bonds. The maximum Gasteiger partial charge on any atom is 0.522 e. The molecule has 2 aliphatic rings. The third-order valence-corrected chi connectivity index (χ3v) is 8.51. The van der Waals surface area contributed by atoms with Gasteiger partial charge in [-0.05, 0) is 48.8 Å². The van der Waals surface area contributed by atoms with Gasteiger partial charge in [-0.1, -0.05) is 68.1 Å². The number of amidine groups is 1. The normalized spacial score (nSPS) is 20.3. The van der Waals surface area contributed by atoms with Crippen LogP contribution in [0.25, 0.3) is 11.3 Å². The molecule has 2 fully saturated rings. The van der Waals surface area contributed by atoms with Crippen molar-refractivity contribution >= 4 is 46.5 Å². The van der Waals surface area contributed by atoms with Gasteiger partial charge in [-0.2, -0.15) is 10.2 Å². The SMILES string of the molecule is CC(C)c1ccccc1N1C(=O)CSC1=NN=Cc1ccc(-c2cc(NC(=O)C3CCC(OC(F)(F)F)CC3)n(C)n2)cc1. The van der Waals surface area contributed by atoms with Crippen LogP contribution in [0.2, 0.25) is 0 Å². The maximum absolute atomic E-state index is 12.8. The third-order valence-electron chi connectivity index (χ3n) is 7.60. The van der Waals surface area contributed by atoms with Gasteiger partial charge in [-0.25, -0.2) is 0 Å². The van der Waals surface area contributed by atoms with Crippen molar-refractivity contribution in [2.75, 3.05) is 16.0 Å². The molecule has 2 heterocycles. The number of thioether (sulfide) groups is 1. The number of rotatable bonds is 8. The molecule has 0 atom stereocenters. The Kier molecular flexibility index (Phi) is 9.54. The highest BCUT2D eigenvalue weighted by Gasteiger charge is 2.36. The van der Waals surface area contributed by atoms with E-state index in [0.29, 0.717) is 35.3 Å². The fourth-order valence-corrected chi connectivity index (χ4v) is 6.14.